The van der Waals surface area contributed by atoms with Gasteiger partial charge < -0.3 is 10.5 Å². The Balaban J connectivity index is 2.21. The van der Waals surface area contributed by atoms with Crippen molar-refractivity contribution in [1.82, 2.24) is 9.78 Å². The maximum Gasteiger partial charge on any atom is 0.163 e. The summed E-state index contributed by atoms with van der Waals surface area (Å²) in [6.07, 6.45) is 2.57. The Bertz CT molecular complexity index is 687. The second kappa shape index (κ2) is 7.73. The number of nitrogens with two attached hydrogens (primary N) is 1. The van der Waals surface area contributed by atoms with Crippen LogP contribution in [-0.4, -0.2) is 29.2 Å². The maximum absolute atomic E-state index is 11.7. The molecule has 0 aliphatic carbocycles. The van der Waals surface area contributed by atoms with Crippen LogP contribution in [0.15, 0.2) is 30.5 Å². The molecule has 0 fully saturated rings. The highest BCUT2D eigenvalue weighted by Crippen LogP contribution is 2.26. The Morgan fingerprint density at radius 2 is 1.96 bits per heavy atom. The summed E-state index contributed by atoms with van der Waals surface area (Å²) >= 11 is 0. The van der Waals surface area contributed by atoms with E-state index in [4.69, 9.17) is 10.5 Å². The summed E-state index contributed by atoms with van der Waals surface area (Å²) in [6.45, 7) is 7.63. The Hall–Kier alpha value is -1.98. The quantitative estimate of drug-likeness (QED) is 0.756. The van der Waals surface area contributed by atoms with E-state index >= 15 is 0 Å². The molecule has 5 nitrogen and oxygen atoms in total. The van der Waals surface area contributed by atoms with E-state index in [0.717, 1.165) is 17.7 Å². The molecule has 0 radical (unpaired) electrons. The molecule has 1 heterocycles. The van der Waals surface area contributed by atoms with Crippen molar-refractivity contribution in [3.05, 3.63) is 52.8 Å². The van der Waals surface area contributed by atoms with Crippen LogP contribution >= 0.6 is 0 Å². The Labute approximate surface area is 143 Å². The van der Waals surface area contributed by atoms with E-state index < -0.39 is 0 Å². The number of ether oxygens (including phenoxy) is 1. The van der Waals surface area contributed by atoms with Gasteiger partial charge in [-0.05, 0) is 36.4 Å². The molecule has 0 saturated heterocycles. The minimum atomic E-state index is 0.00665. The number of hydrogen-bond donors (Lipinski definition) is 1. The molecule has 2 N–H and O–H groups in total. The van der Waals surface area contributed by atoms with Crippen molar-refractivity contribution in [3.8, 4) is 0 Å². The first kappa shape index (κ1) is 18.4. The van der Waals surface area contributed by atoms with Gasteiger partial charge in [0.2, 0.25) is 0 Å². The molecule has 5 heteroatoms. The normalized spacial score (nSPS) is 11.7. The molecule has 1 aromatic carbocycles. The van der Waals surface area contributed by atoms with E-state index in [0.29, 0.717) is 25.3 Å². The predicted molar refractivity (Wildman–Crippen MR) is 95.2 cm³/mol. The smallest absolute Gasteiger partial charge is 0.163 e. The monoisotopic (exact) mass is 329 g/mol. The van der Waals surface area contributed by atoms with Crippen LogP contribution in [0.1, 0.15) is 54.4 Å². The summed E-state index contributed by atoms with van der Waals surface area (Å²) < 4.78 is 7.05. The van der Waals surface area contributed by atoms with Gasteiger partial charge in [0, 0.05) is 7.11 Å². The minimum Gasteiger partial charge on any atom is -0.378 e. The van der Waals surface area contributed by atoms with Crippen molar-refractivity contribution in [1.29, 1.82) is 0 Å². The summed E-state index contributed by atoms with van der Waals surface area (Å²) in [5, 5.41) is 4.35. The minimum absolute atomic E-state index is 0.00665. The van der Waals surface area contributed by atoms with E-state index in [1.165, 1.54) is 5.56 Å². The van der Waals surface area contributed by atoms with Crippen LogP contribution in [-0.2, 0) is 23.3 Å². The lowest BCUT2D eigenvalue weighted by atomic mass is 9.81. The number of ketones is 1. The maximum atomic E-state index is 11.7. The first-order valence-corrected chi connectivity index (χ1v) is 8.23. The number of hydrogen-bond acceptors (Lipinski definition) is 4. The van der Waals surface area contributed by atoms with Crippen LogP contribution in [0.4, 0.5) is 0 Å². The average molecular weight is 329 g/mol. The second-order valence-corrected chi connectivity index (χ2v) is 6.77. The third-order valence-electron chi connectivity index (χ3n) is 4.45. The number of methoxy groups -OCH3 is 1. The van der Waals surface area contributed by atoms with Crippen LogP contribution in [0, 0.1) is 0 Å². The van der Waals surface area contributed by atoms with Gasteiger partial charge in [-0.25, -0.2) is 0 Å². The van der Waals surface area contributed by atoms with E-state index in [1.54, 1.807) is 20.2 Å². The van der Waals surface area contributed by atoms with Gasteiger partial charge in [0.05, 0.1) is 30.6 Å². The summed E-state index contributed by atoms with van der Waals surface area (Å²) in [5.41, 5.74) is 9.63. The fourth-order valence-corrected chi connectivity index (χ4v) is 2.87. The summed E-state index contributed by atoms with van der Waals surface area (Å²) in [7, 11) is 1.62. The molecule has 2 aromatic rings. The largest absolute Gasteiger partial charge is 0.378 e. The highest BCUT2D eigenvalue weighted by atomic mass is 16.5. The lowest BCUT2D eigenvalue weighted by Gasteiger charge is -2.24. The van der Waals surface area contributed by atoms with Crippen molar-refractivity contribution in [2.45, 2.75) is 45.8 Å². The van der Waals surface area contributed by atoms with Crippen LogP contribution in [0.3, 0.4) is 0 Å². The van der Waals surface area contributed by atoms with E-state index in [1.807, 2.05) is 4.68 Å². The van der Waals surface area contributed by atoms with Gasteiger partial charge >= 0.3 is 0 Å². The average Bonchev–Trinajstić information content (AvgIpc) is 2.91. The van der Waals surface area contributed by atoms with Gasteiger partial charge in [-0.15, -0.1) is 0 Å². The van der Waals surface area contributed by atoms with Crippen LogP contribution in [0.25, 0.3) is 0 Å². The molecule has 0 spiro atoms. The highest BCUT2D eigenvalue weighted by molar-refractivity contribution is 5.94. The van der Waals surface area contributed by atoms with Crippen molar-refractivity contribution in [2.24, 2.45) is 5.73 Å². The van der Waals surface area contributed by atoms with E-state index in [-0.39, 0.29) is 11.2 Å². The zero-order valence-corrected chi connectivity index (χ0v) is 15.0. The number of carbonyl (C=O) groups is 1. The van der Waals surface area contributed by atoms with Gasteiger partial charge in [0.25, 0.3) is 0 Å². The summed E-state index contributed by atoms with van der Waals surface area (Å²) in [4.78, 5) is 11.7. The number of carbonyl (C=O) groups excluding carboxylic acids is 1. The third-order valence-corrected chi connectivity index (χ3v) is 4.45. The summed E-state index contributed by atoms with van der Waals surface area (Å²) in [6, 6.07) is 8.52. The highest BCUT2D eigenvalue weighted by Gasteiger charge is 2.19. The molecule has 0 aliphatic rings. The molecular formula is C19H27N3O2. The molecule has 0 saturated carbocycles. The number of rotatable bonds is 8. The number of nitrogens with zero attached hydrogens (tertiary/aromatic N) is 2. The van der Waals surface area contributed by atoms with E-state index in [9.17, 15) is 4.79 Å². The fraction of sp³-hybridized carbons (Fsp3) is 0.474. The zero-order valence-electron chi connectivity index (χ0n) is 15.0. The van der Waals surface area contributed by atoms with Gasteiger partial charge in [0.15, 0.2) is 5.78 Å². The molecule has 130 valence electrons. The molecule has 0 aliphatic heterocycles. The molecule has 0 amide bonds. The van der Waals surface area contributed by atoms with E-state index in [2.05, 4.69) is 43.2 Å². The topological polar surface area (TPSA) is 70.1 Å². The molecular weight excluding hydrogens is 302 g/mol. The Kier molecular flexibility index (Phi) is 5.91. The molecule has 0 unspecified atom stereocenters. The van der Waals surface area contributed by atoms with Crippen molar-refractivity contribution < 1.29 is 9.53 Å². The summed E-state index contributed by atoms with van der Waals surface area (Å²) in [5.74, 6) is 0.00665. The second-order valence-electron chi connectivity index (χ2n) is 6.77. The van der Waals surface area contributed by atoms with Crippen molar-refractivity contribution in [2.75, 3.05) is 13.7 Å². The molecule has 1 aromatic heterocycles. The van der Waals surface area contributed by atoms with Crippen LogP contribution in [0.5, 0.6) is 0 Å². The van der Waals surface area contributed by atoms with Crippen LogP contribution in [0.2, 0.25) is 0 Å². The number of aromatic nitrogens is 2. The Morgan fingerprint density at radius 1 is 1.29 bits per heavy atom. The lowest BCUT2D eigenvalue weighted by molar-refractivity contribution is 0.101. The van der Waals surface area contributed by atoms with Gasteiger partial charge in [-0.1, -0.05) is 38.1 Å². The molecule has 0 bridgehead atoms. The Morgan fingerprint density at radius 3 is 2.50 bits per heavy atom. The SMILES string of the molecule is COCc1c(C(C)=O)cnn1Cc1ccc(C(C)(C)CCN)cc1. The molecule has 0 atom stereocenters. The zero-order chi connectivity index (χ0) is 17.7. The first-order valence-electron chi connectivity index (χ1n) is 8.23. The number of Topliss-reactive ketones (excluding diaryl/α,β-unsaturated/α-hetero) is 1. The third kappa shape index (κ3) is 4.10. The van der Waals surface area contributed by atoms with Gasteiger partial charge in [-0.2, -0.15) is 5.10 Å². The number of benzene rings is 1. The predicted octanol–water partition coefficient (Wildman–Crippen LogP) is 2.91. The van der Waals surface area contributed by atoms with Crippen molar-refractivity contribution >= 4 is 5.78 Å². The molecule has 2 rings (SSSR count). The molecule has 24 heavy (non-hydrogen) atoms. The van der Waals surface area contributed by atoms with Crippen LogP contribution < -0.4 is 5.73 Å². The standard InChI is InChI=1S/C19H27N3O2/c1-14(23)17-11-21-22(18(17)13-24-4)12-15-5-7-16(8-6-15)19(2,3)9-10-20/h5-8,11H,9-10,12-13,20H2,1-4H3. The van der Waals surface area contributed by atoms with Gasteiger partial charge in [-0.3, -0.25) is 9.48 Å². The van der Waals surface area contributed by atoms with Gasteiger partial charge in [0.1, 0.15) is 0 Å². The van der Waals surface area contributed by atoms with Crippen molar-refractivity contribution in [3.63, 3.8) is 0 Å². The fourth-order valence-electron chi connectivity index (χ4n) is 2.87. The lowest BCUT2D eigenvalue weighted by Crippen LogP contribution is -2.21. The first-order chi connectivity index (χ1) is 11.4.